The first-order valence-electron chi connectivity index (χ1n) is 8.56. The van der Waals surface area contributed by atoms with Crippen LogP contribution in [0.5, 0.6) is 0 Å². The van der Waals surface area contributed by atoms with Gasteiger partial charge in [-0.3, -0.25) is 0 Å². The number of ether oxygens (including phenoxy) is 1. The van der Waals surface area contributed by atoms with Crippen molar-refractivity contribution in [3.63, 3.8) is 0 Å². The summed E-state index contributed by atoms with van der Waals surface area (Å²) in [6, 6.07) is 0. The van der Waals surface area contributed by atoms with Gasteiger partial charge in [0.05, 0.1) is 0 Å². The lowest BCUT2D eigenvalue weighted by Crippen LogP contribution is -2.18. The van der Waals surface area contributed by atoms with E-state index in [2.05, 4.69) is 6.58 Å². The fourth-order valence-corrected chi connectivity index (χ4v) is 2.85. The predicted octanol–water partition coefficient (Wildman–Crippen LogP) is 5.56. The lowest BCUT2D eigenvalue weighted by atomic mass is 9.99. The van der Waals surface area contributed by atoms with Crippen LogP contribution in [0.15, 0.2) is 12.2 Å². The zero-order valence-corrected chi connectivity index (χ0v) is 13.3. The van der Waals surface area contributed by atoms with Crippen LogP contribution in [0.2, 0.25) is 0 Å². The van der Waals surface area contributed by atoms with Crippen LogP contribution in [0.1, 0.15) is 90.4 Å². The van der Waals surface area contributed by atoms with Crippen LogP contribution in [0.4, 0.5) is 0 Å². The van der Waals surface area contributed by atoms with Gasteiger partial charge in [0, 0.05) is 5.57 Å². The Hall–Kier alpha value is -0.790. The van der Waals surface area contributed by atoms with Crippen LogP contribution in [0.25, 0.3) is 0 Å². The minimum Gasteiger partial charge on any atom is -0.459 e. The van der Waals surface area contributed by atoms with Gasteiger partial charge in [-0.15, -0.1) is 0 Å². The van der Waals surface area contributed by atoms with Gasteiger partial charge >= 0.3 is 5.97 Å². The lowest BCUT2D eigenvalue weighted by molar-refractivity contribution is -0.145. The Morgan fingerprint density at radius 1 is 0.800 bits per heavy atom. The van der Waals surface area contributed by atoms with Gasteiger partial charge in [-0.2, -0.15) is 0 Å². The van der Waals surface area contributed by atoms with Crippen LogP contribution in [-0.2, 0) is 9.53 Å². The molecule has 1 rings (SSSR count). The summed E-state index contributed by atoms with van der Waals surface area (Å²) >= 11 is 0. The molecular formula is C18H32O2. The van der Waals surface area contributed by atoms with Gasteiger partial charge in [-0.1, -0.05) is 64.4 Å². The van der Waals surface area contributed by atoms with Crippen molar-refractivity contribution in [2.24, 2.45) is 0 Å². The van der Waals surface area contributed by atoms with E-state index >= 15 is 0 Å². The highest BCUT2D eigenvalue weighted by molar-refractivity contribution is 5.87. The summed E-state index contributed by atoms with van der Waals surface area (Å²) < 4.78 is 5.57. The van der Waals surface area contributed by atoms with Gasteiger partial charge in [0.2, 0.25) is 0 Å². The van der Waals surface area contributed by atoms with E-state index < -0.39 is 0 Å². The van der Waals surface area contributed by atoms with Crippen molar-refractivity contribution < 1.29 is 9.53 Å². The zero-order chi connectivity index (χ0) is 14.6. The highest BCUT2D eigenvalue weighted by Crippen LogP contribution is 2.19. The molecule has 0 spiro atoms. The maximum absolute atomic E-state index is 11.7. The van der Waals surface area contributed by atoms with Crippen molar-refractivity contribution in [3.05, 3.63) is 12.2 Å². The second-order valence-electron chi connectivity index (χ2n) is 6.27. The van der Waals surface area contributed by atoms with E-state index in [-0.39, 0.29) is 12.1 Å². The molecule has 0 bridgehead atoms. The Kier molecular flexibility index (Phi) is 9.44. The molecule has 1 fully saturated rings. The standard InChI is InChI=1S/C18H32O2/c1-16(2)18(19)20-17-14-12-10-8-6-4-3-5-7-9-11-13-15-17/h17H,1,3-15H2,2H3. The summed E-state index contributed by atoms with van der Waals surface area (Å²) in [7, 11) is 0. The third-order valence-electron chi connectivity index (χ3n) is 4.17. The molecule has 0 N–H and O–H groups in total. The van der Waals surface area contributed by atoms with E-state index in [0.717, 1.165) is 12.8 Å². The van der Waals surface area contributed by atoms with Gasteiger partial charge in [-0.05, 0) is 32.6 Å². The van der Waals surface area contributed by atoms with Gasteiger partial charge in [0.1, 0.15) is 6.10 Å². The van der Waals surface area contributed by atoms with Crippen molar-refractivity contribution in [1.29, 1.82) is 0 Å². The van der Waals surface area contributed by atoms with Gasteiger partial charge in [0.25, 0.3) is 0 Å². The topological polar surface area (TPSA) is 26.3 Å². The van der Waals surface area contributed by atoms with E-state index in [1.807, 2.05) is 0 Å². The first kappa shape index (κ1) is 17.3. The van der Waals surface area contributed by atoms with Crippen LogP contribution >= 0.6 is 0 Å². The molecule has 1 aliphatic rings. The summed E-state index contributed by atoms with van der Waals surface area (Å²) in [6.07, 6.45) is 16.7. The van der Waals surface area contributed by atoms with Crippen molar-refractivity contribution in [1.82, 2.24) is 0 Å². The van der Waals surface area contributed by atoms with Gasteiger partial charge < -0.3 is 4.74 Å². The van der Waals surface area contributed by atoms with E-state index in [0.29, 0.717) is 5.57 Å². The molecule has 116 valence electrons. The molecule has 0 atom stereocenters. The number of carbonyl (C=O) groups excluding carboxylic acids is 1. The van der Waals surface area contributed by atoms with Crippen LogP contribution < -0.4 is 0 Å². The number of hydrogen-bond acceptors (Lipinski definition) is 2. The summed E-state index contributed by atoms with van der Waals surface area (Å²) in [6.45, 7) is 5.40. The molecule has 1 aliphatic carbocycles. The Morgan fingerprint density at radius 2 is 1.15 bits per heavy atom. The average Bonchev–Trinajstić information content (AvgIpc) is 2.42. The molecule has 0 aromatic heterocycles. The molecule has 0 radical (unpaired) electrons. The van der Waals surface area contributed by atoms with Crippen molar-refractivity contribution in [2.45, 2.75) is 96.5 Å². The van der Waals surface area contributed by atoms with E-state index in [9.17, 15) is 4.79 Å². The van der Waals surface area contributed by atoms with Crippen LogP contribution in [0.3, 0.4) is 0 Å². The quantitative estimate of drug-likeness (QED) is 0.489. The van der Waals surface area contributed by atoms with Crippen LogP contribution in [0, 0.1) is 0 Å². The smallest absolute Gasteiger partial charge is 0.333 e. The van der Waals surface area contributed by atoms with E-state index in [1.54, 1.807) is 6.92 Å². The van der Waals surface area contributed by atoms with E-state index in [4.69, 9.17) is 4.74 Å². The van der Waals surface area contributed by atoms with Crippen molar-refractivity contribution >= 4 is 5.97 Å². The highest BCUT2D eigenvalue weighted by Gasteiger charge is 2.14. The van der Waals surface area contributed by atoms with Crippen LogP contribution in [-0.4, -0.2) is 12.1 Å². The minimum atomic E-state index is -0.212. The van der Waals surface area contributed by atoms with Gasteiger partial charge in [-0.25, -0.2) is 4.79 Å². The molecule has 1 saturated carbocycles. The Labute approximate surface area is 125 Å². The fraction of sp³-hybridized carbons (Fsp3) is 0.833. The summed E-state index contributed by atoms with van der Waals surface area (Å²) in [5, 5.41) is 0. The molecule has 2 heteroatoms. The lowest BCUT2D eigenvalue weighted by Gasteiger charge is -2.18. The third kappa shape index (κ3) is 8.39. The van der Waals surface area contributed by atoms with Crippen molar-refractivity contribution in [3.8, 4) is 0 Å². The molecule has 0 heterocycles. The molecule has 0 unspecified atom stereocenters. The Morgan fingerprint density at radius 3 is 1.50 bits per heavy atom. The normalized spacial score (nSPS) is 20.9. The van der Waals surface area contributed by atoms with E-state index in [1.165, 1.54) is 70.6 Å². The SMILES string of the molecule is C=C(C)C(=O)OC1CCCCCCCCCCCCC1. The maximum atomic E-state index is 11.7. The molecule has 0 aliphatic heterocycles. The molecule has 0 amide bonds. The molecule has 0 aromatic carbocycles. The Balaban J connectivity index is 2.35. The number of hydrogen-bond donors (Lipinski definition) is 0. The molecular weight excluding hydrogens is 248 g/mol. The zero-order valence-electron chi connectivity index (χ0n) is 13.3. The first-order chi connectivity index (χ1) is 9.70. The summed E-state index contributed by atoms with van der Waals surface area (Å²) in [5.41, 5.74) is 0.518. The molecule has 20 heavy (non-hydrogen) atoms. The second-order valence-corrected chi connectivity index (χ2v) is 6.27. The molecule has 0 saturated heterocycles. The largest absolute Gasteiger partial charge is 0.459 e. The summed E-state index contributed by atoms with van der Waals surface area (Å²) in [5.74, 6) is -0.212. The maximum Gasteiger partial charge on any atom is 0.333 e. The predicted molar refractivity (Wildman–Crippen MR) is 84.7 cm³/mol. The molecule has 2 nitrogen and oxygen atoms in total. The summed E-state index contributed by atoms with van der Waals surface area (Å²) in [4.78, 5) is 11.7. The number of esters is 1. The average molecular weight is 280 g/mol. The van der Waals surface area contributed by atoms with Gasteiger partial charge in [0.15, 0.2) is 0 Å². The highest BCUT2D eigenvalue weighted by atomic mass is 16.5. The minimum absolute atomic E-state index is 0.113. The monoisotopic (exact) mass is 280 g/mol. The second kappa shape index (κ2) is 10.9. The number of carbonyl (C=O) groups is 1. The fourth-order valence-electron chi connectivity index (χ4n) is 2.85. The first-order valence-corrected chi connectivity index (χ1v) is 8.56. The third-order valence-corrected chi connectivity index (χ3v) is 4.17. The Bertz CT molecular complexity index is 269. The molecule has 0 aromatic rings. The van der Waals surface area contributed by atoms with Crippen molar-refractivity contribution in [2.75, 3.05) is 0 Å². The number of rotatable bonds is 2.